The van der Waals surface area contributed by atoms with Crippen LogP contribution in [0.5, 0.6) is 0 Å². The van der Waals surface area contributed by atoms with Crippen molar-refractivity contribution < 1.29 is 34.4 Å². The summed E-state index contributed by atoms with van der Waals surface area (Å²) in [7, 11) is 0. The molecule has 7 nitrogen and oxygen atoms in total. The molecular weight excluding hydrogens is 279 g/mol. The summed E-state index contributed by atoms with van der Waals surface area (Å²) in [6.07, 6.45) is -3.21. The number of benzene rings is 1. The fraction of sp³-hybridized carbons (Fsp3) is 0.538. The first kappa shape index (κ1) is 14.9. The SMILES string of the molecule is Cc1ccc([B-]2(O)O[C@H]3[C@H](O)[C@@H](CO)O[C@@]3(CO)O2)cc1. The molecule has 2 fully saturated rings. The molecule has 116 valence electrons. The number of ether oxygens (including phenoxy) is 1. The molecule has 5 atom stereocenters. The van der Waals surface area contributed by atoms with Crippen molar-refractivity contribution in [2.45, 2.75) is 31.0 Å². The van der Waals surface area contributed by atoms with Gasteiger partial charge in [0, 0.05) is 0 Å². The second kappa shape index (κ2) is 5.03. The fourth-order valence-electron chi connectivity index (χ4n) is 2.89. The highest BCUT2D eigenvalue weighted by molar-refractivity contribution is 6.74. The van der Waals surface area contributed by atoms with Crippen LogP contribution in [0.3, 0.4) is 0 Å². The van der Waals surface area contributed by atoms with Crippen molar-refractivity contribution in [1.29, 1.82) is 0 Å². The molecule has 0 radical (unpaired) electrons. The predicted octanol–water partition coefficient (Wildman–Crippen LogP) is -2.01. The minimum Gasteiger partial charge on any atom is -0.555 e. The van der Waals surface area contributed by atoms with Crippen molar-refractivity contribution >= 4 is 12.2 Å². The molecule has 2 heterocycles. The summed E-state index contributed by atoms with van der Waals surface area (Å²) in [6.45, 7) is -2.02. The van der Waals surface area contributed by atoms with E-state index in [1.165, 1.54) is 0 Å². The van der Waals surface area contributed by atoms with Crippen LogP contribution < -0.4 is 5.46 Å². The normalized spacial score (nSPS) is 42.2. The molecule has 3 rings (SSSR count). The summed E-state index contributed by atoms with van der Waals surface area (Å²) < 4.78 is 16.4. The number of aryl methyl sites for hydroxylation is 1. The van der Waals surface area contributed by atoms with Gasteiger partial charge >= 0.3 is 6.75 Å². The maximum Gasteiger partial charge on any atom is 0.409 e. The lowest BCUT2D eigenvalue weighted by Crippen LogP contribution is -2.54. The van der Waals surface area contributed by atoms with Gasteiger partial charge in [0.1, 0.15) is 12.2 Å². The maximum atomic E-state index is 10.6. The fourth-order valence-corrected chi connectivity index (χ4v) is 2.89. The highest BCUT2D eigenvalue weighted by Crippen LogP contribution is 2.42. The van der Waals surface area contributed by atoms with E-state index >= 15 is 0 Å². The molecule has 0 aromatic heterocycles. The van der Waals surface area contributed by atoms with Crippen LogP contribution in [0.1, 0.15) is 5.56 Å². The predicted molar refractivity (Wildman–Crippen MR) is 72.5 cm³/mol. The van der Waals surface area contributed by atoms with Crippen LogP contribution in [-0.2, 0) is 14.0 Å². The molecule has 4 N–H and O–H groups in total. The summed E-state index contributed by atoms with van der Waals surface area (Å²) in [6, 6.07) is 6.87. The number of fused-ring (bicyclic) bond motifs is 1. The number of aliphatic hydroxyl groups excluding tert-OH is 3. The molecule has 0 spiro atoms. The third kappa shape index (κ3) is 2.20. The quantitative estimate of drug-likeness (QED) is 0.477. The van der Waals surface area contributed by atoms with Gasteiger partial charge in [0.25, 0.3) is 0 Å². The maximum absolute atomic E-state index is 10.6. The third-order valence-corrected chi connectivity index (χ3v) is 4.06. The van der Waals surface area contributed by atoms with Gasteiger partial charge in [0.2, 0.25) is 0 Å². The second-order valence-corrected chi connectivity index (χ2v) is 5.56. The van der Waals surface area contributed by atoms with Crippen molar-refractivity contribution in [2.24, 2.45) is 0 Å². The van der Waals surface area contributed by atoms with Crippen molar-refractivity contribution in [1.82, 2.24) is 0 Å². The molecule has 1 aromatic carbocycles. The summed E-state index contributed by atoms with van der Waals surface area (Å²) >= 11 is 0. The molecule has 0 bridgehead atoms. The van der Waals surface area contributed by atoms with Crippen LogP contribution in [0.25, 0.3) is 0 Å². The van der Waals surface area contributed by atoms with Gasteiger partial charge in [-0.25, -0.2) is 0 Å². The van der Waals surface area contributed by atoms with E-state index in [2.05, 4.69) is 0 Å². The lowest BCUT2D eigenvalue weighted by molar-refractivity contribution is -0.205. The van der Waals surface area contributed by atoms with Crippen LogP contribution >= 0.6 is 0 Å². The van der Waals surface area contributed by atoms with E-state index in [1.54, 1.807) is 24.3 Å². The van der Waals surface area contributed by atoms with E-state index in [0.717, 1.165) is 5.56 Å². The Hall–Kier alpha value is -0.995. The minimum atomic E-state index is -2.87. The van der Waals surface area contributed by atoms with Crippen molar-refractivity contribution in [3.05, 3.63) is 29.8 Å². The third-order valence-electron chi connectivity index (χ3n) is 4.06. The molecule has 0 amide bonds. The lowest BCUT2D eigenvalue weighted by Gasteiger charge is -2.34. The van der Waals surface area contributed by atoms with Gasteiger partial charge in [-0.15, -0.1) is 5.46 Å². The van der Waals surface area contributed by atoms with Crippen LogP contribution in [0.15, 0.2) is 24.3 Å². The highest BCUT2D eigenvalue weighted by atomic mass is 16.8. The first-order valence-electron chi connectivity index (χ1n) is 6.83. The molecule has 0 saturated carbocycles. The zero-order valence-corrected chi connectivity index (χ0v) is 11.5. The topological polar surface area (TPSA) is 109 Å². The molecule has 2 aliphatic heterocycles. The Labute approximate surface area is 121 Å². The minimum absolute atomic E-state index is 0.388. The van der Waals surface area contributed by atoms with E-state index < -0.39 is 44.1 Å². The molecule has 2 saturated heterocycles. The van der Waals surface area contributed by atoms with Crippen molar-refractivity contribution in [3.8, 4) is 0 Å². The first-order chi connectivity index (χ1) is 9.94. The molecule has 8 heteroatoms. The van der Waals surface area contributed by atoms with Crippen molar-refractivity contribution in [3.63, 3.8) is 0 Å². The molecule has 21 heavy (non-hydrogen) atoms. The van der Waals surface area contributed by atoms with Gasteiger partial charge in [-0.3, -0.25) is 0 Å². The van der Waals surface area contributed by atoms with E-state index in [1.807, 2.05) is 6.92 Å². The lowest BCUT2D eigenvalue weighted by atomic mass is 9.70. The monoisotopic (exact) mass is 297 g/mol. The number of hydrogen-bond acceptors (Lipinski definition) is 7. The van der Waals surface area contributed by atoms with E-state index in [4.69, 9.17) is 19.2 Å². The van der Waals surface area contributed by atoms with Crippen LogP contribution in [-0.4, -0.2) is 64.4 Å². The molecule has 0 aliphatic carbocycles. The Balaban J connectivity index is 1.92. The zero-order chi connectivity index (χ0) is 15.3. The summed E-state index contributed by atoms with van der Waals surface area (Å²) in [4.78, 5) is 0. The number of hydrogen-bond donors (Lipinski definition) is 4. The van der Waals surface area contributed by atoms with Crippen LogP contribution in [0.2, 0.25) is 0 Å². The summed E-state index contributed by atoms with van der Waals surface area (Å²) in [5, 5.41) is 39.4. The van der Waals surface area contributed by atoms with Gasteiger partial charge in [-0.05, 0) is 6.92 Å². The van der Waals surface area contributed by atoms with Crippen LogP contribution in [0.4, 0.5) is 0 Å². The Morgan fingerprint density at radius 1 is 1.24 bits per heavy atom. The smallest absolute Gasteiger partial charge is 0.409 e. The van der Waals surface area contributed by atoms with Gasteiger partial charge in [0.05, 0.1) is 19.3 Å². The van der Waals surface area contributed by atoms with Gasteiger partial charge < -0.3 is 34.4 Å². The first-order valence-corrected chi connectivity index (χ1v) is 6.83. The van der Waals surface area contributed by atoms with Crippen LogP contribution in [0, 0.1) is 6.92 Å². The molecule has 1 aromatic rings. The molecular formula is C13H18BO7-. The Bertz CT molecular complexity index is 524. The van der Waals surface area contributed by atoms with Gasteiger partial charge in [0.15, 0.2) is 5.79 Å². The average molecular weight is 297 g/mol. The standard InChI is InChI=1S/C13H18BO7/c1-8-2-4-9(5-3-8)14(18)20-12-11(17)10(6-15)19-13(12,7-16)21-14/h2-5,10-12,15-18H,6-7H2,1H3/q-1/t10-,11-,12+,13+,14?/m1/s1. The highest BCUT2D eigenvalue weighted by Gasteiger charge is 2.62. The summed E-state index contributed by atoms with van der Waals surface area (Å²) in [5.74, 6) is -1.67. The van der Waals surface area contributed by atoms with Crippen molar-refractivity contribution in [2.75, 3.05) is 13.2 Å². The summed E-state index contributed by atoms with van der Waals surface area (Å²) in [5.41, 5.74) is 1.39. The zero-order valence-electron chi connectivity index (χ0n) is 11.5. The van der Waals surface area contributed by atoms with E-state index in [-0.39, 0.29) is 0 Å². The average Bonchev–Trinajstić information content (AvgIpc) is 2.91. The molecule has 1 unspecified atom stereocenters. The number of aliphatic hydroxyl groups is 3. The number of rotatable bonds is 3. The Kier molecular flexibility index (Phi) is 3.57. The van der Waals surface area contributed by atoms with E-state index in [0.29, 0.717) is 5.46 Å². The Morgan fingerprint density at radius 2 is 1.90 bits per heavy atom. The van der Waals surface area contributed by atoms with Gasteiger partial charge in [-0.1, -0.05) is 29.8 Å². The van der Waals surface area contributed by atoms with Gasteiger partial charge in [-0.2, -0.15) is 0 Å². The Morgan fingerprint density at radius 3 is 2.43 bits per heavy atom. The second-order valence-electron chi connectivity index (χ2n) is 5.56. The van der Waals surface area contributed by atoms with E-state index in [9.17, 15) is 15.2 Å². The molecule has 2 aliphatic rings. The largest absolute Gasteiger partial charge is 0.555 e.